The monoisotopic (exact) mass is 389 g/mol. The van der Waals surface area contributed by atoms with Gasteiger partial charge < -0.3 is 16.0 Å². The van der Waals surface area contributed by atoms with Crippen LogP contribution in [0.5, 0.6) is 0 Å². The molecule has 1 aliphatic heterocycles. The zero-order chi connectivity index (χ0) is 19.1. The van der Waals surface area contributed by atoms with Crippen molar-refractivity contribution in [3.05, 3.63) is 35.4 Å². The maximum Gasteiger partial charge on any atom is 0.242 e. The molecule has 1 aliphatic carbocycles. The molecule has 0 bridgehead atoms. The Balaban J connectivity index is 1.58. The molecule has 2 amide bonds. The van der Waals surface area contributed by atoms with E-state index in [1.54, 1.807) is 11.8 Å². The largest absolute Gasteiger partial charge is 0.352 e. The molecule has 0 aromatic heterocycles. The molecule has 6 heteroatoms. The van der Waals surface area contributed by atoms with E-state index in [1.807, 2.05) is 18.4 Å². The summed E-state index contributed by atoms with van der Waals surface area (Å²) in [4.78, 5) is 25.6. The van der Waals surface area contributed by atoms with Crippen molar-refractivity contribution in [2.75, 3.05) is 12.0 Å². The normalized spacial score (nSPS) is 21.1. The number of amides is 2. The van der Waals surface area contributed by atoms with Gasteiger partial charge in [0.05, 0.1) is 6.04 Å². The van der Waals surface area contributed by atoms with Crippen molar-refractivity contribution in [3.8, 4) is 0 Å². The van der Waals surface area contributed by atoms with Gasteiger partial charge in [-0.2, -0.15) is 11.8 Å². The van der Waals surface area contributed by atoms with Gasteiger partial charge in [-0.3, -0.25) is 9.59 Å². The van der Waals surface area contributed by atoms with Crippen LogP contribution in [0.1, 0.15) is 49.7 Å². The zero-order valence-electron chi connectivity index (χ0n) is 16.1. The fraction of sp³-hybridized carbons (Fsp3) is 0.619. The van der Waals surface area contributed by atoms with E-state index in [9.17, 15) is 9.59 Å². The summed E-state index contributed by atoms with van der Waals surface area (Å²) in [6.07, 6.45) is 9.07. The van der Waals surface area contributed by atoms with Crippen molar-refractivity contribution in [1.29, 1.82) is 0 Å². The van der Waals surface area contributed by atoms with Crippen molar-refractivity contribution < 1.29 is 9.59 Å². The molecule has 1 heterocycles. The van der Waals surface area contributed by atoms with Gasteiger partial charge >= 0.3 is 0 Å². The lowest BCUT2D eigenvalue weighted by molar-refractivity contribution is -0.130. The van der Waals surface area contributed by atoms with Crippen LogP contribution >= 0.6 is 11.8 Å². The number of thioether (sulfide) groups is 1. The van der Waals surface area contributed by atoms with Gasteiger partial charge in [0.2, 0.25) is 11.8 Å². The molecule has 0 spiro atoms. The van der Waals surface area contributed by atoms with Gasteiger partial charge in [0.1, 0.15) is 6.04 Å². The number of nitrogens with one attached hydrogen (secondary N) is 3. The Morgan fingerprint density at radius 3 is 2.67 bits per heavy atom. The summed E-state index contributed by atoms with van der Waals surface area (Å²) in [5.74, 6) is 0.749. The second kappa shape index (κ2) is 10.1. The molecular weight excluding hydrogens is 358 g/mol. The summed E-state index contributed by atoms with van der Waals surface area (Å²) in [5.41, 5.74) is 2.46. The molecule has 5 nitrogen and oxygen atoms in total. The van der Waals surface area contributed by atoms with E-state index < -0.39 is 6.04 Å². The van der Waals surface area contributed by atoms with Crippen LogP contribution in [0.15, 0.2) is 24.3 Å². The van der Waals surface area contributed by atoms with Crippen LogP contribution in [-0.4, -0.2) is 41.9 Å². The maximum atomic E-state index is 12.8. The number of benzene rings is 1. The molecular formula is C21H31N3O2S. The lowest BCUT2D eigenvalue weighted by atomic mass is 9.94. The second-order valence-corrected chi connectivity index (χ2v) is 8.58. The third-order valence-corrected chi connectivity index (χ3v) is 6.24. The first-order chi connectivity index (χ1) is 13.2. The molecule has 0 saturated heterocycles. The van der Waals surface area contributed by atoms with Gasteiger partial charge in [0.15, 0.2) is 0 Å². The molecule has 27 heavy (non-hydrogen) atoms. The number of hydrogen-bond acceptors (Lipinski definition) is 4. The lowest BCUT2D eigenvalue weighted by Gasteiger charge is -2.29. The van der Waals surface area contributed by atoms with E-state index >= 15 is 0 Å². The van der Waals surface area contributed by atoms with Gasteiger partial charge in [0.25, 0.3) is 0 Å². The molecule has 3 rings (SSSR count). The van der Waals surface area contributed by atoms with Crippen molar-refractivity contribution in [2.45, 2.75) is 69.6 Å². The van der Waals surface area contributed by atoms with Crippen LogP contribution in [0.2, 0.25) is 0 Å². The number of rotatable bonds is 7. The topological polar surface area (TPSA) is 70.2 Å². The average Bonchev–Trinajstić information content (AvgIpc) is 2.71. The maximum absolute atomic E-state index is 12.8. The van der Waals surface area contributed by atoms with Gasteiger partial charge in [-0.1, -0.05) is 43.5 Å². The van der Waals surface area contributed by atoms with Crippen LogP contribution in [0.4, 0.5) is 0 Å². The minimum absolute atomic E-state index is 0.0273. The summed E-state index contributed by atoms with van der Waals surface area (Å²) >= 11 is 1.70. The summed E-state index contributed by atoms with van der Waals surface area (Å²) in [5, 5.41) is 9.49. The fourth-order valence-corrected chi connectivity index (χ4v) is 4.44. The highest BCUT2D eigenvalue weighted by molar-refractivity contribution is 7.98. The van der Waals surface area contributed by atoms with Crippen molar-refractivity contribution in [3.63, 3.8) is 0 Å². The lowest BCUT2D eigenvalue weighted by Crippen LogP contribution is -2.55. The van der Waals surface area contributed by atoms with Gasteiger partial charge in [-0.25, -0.2) is 0 Å². The van der Waals surface area contributed by atoms with E-state index in [-0.39, 0.29) is 23.9 Å². The van der Waals surface area contributed by atoms with E-state index in [1.165, 1.54) is 30.4 Å². The SMILES string of the molecule is CSCC[C@@H](NC(=O)[C@@H]1Cc2ccccc2CN1)C(=O)NC1CCCCC1. The van der Waals surface area contributed by atoms with E-state index in [2.05, 4.69) is 28.1 Å². The summed E-state index contributed by atoms with van der Waals surface area (Å²) < 4.78 is 0. The molecule has 1 fully saturated rings. The van der Waals surface area contributed by atoms with Crippen molar-refractivity contribution in [1.82, 2.24) is 16.0 Å². The van der Waals surface area contributed by atoms with Gasteiger partial charge in [-0.15, -0.1) is 0 Å². The number of carbonyl (C=O) groups excluding carboxylic acids is 2. The Hall–Kier alpha value is -1.53. The molecule has 148 valence electrons. The molecule has 1 aromatic rings. The van der Waals surface area contributed by atoms with Crippen molar-refractivity contribution in [2.24, 2.45) is 0 Å². The molecule has 0 unspecified atom stereocenters. The fourth-order valence-electron chi connectivity index (χ4n) is 3.97. The van der Waals surface area contributed by atoms with Gasteiger partial charge in [-0.05, 0) is 48.8 Å². The number of carbonyl (C=O) groups is 2. The highest BCUT2D eigenvalue weighted by Gasteiger charge is 2.29. The first kappa shape index (κ1) is 20.2. The van der Waals surface area contributed by atoms with Crippen molar-refractivity contribution >= 4 is 23.6 Å². The van der Waals surface area contributed by atoms with E-state index in [4.69, 9.17) is 0 Å². The van der Waals surface area contributed by atoms with E-state index in [0.717, 1.165) is 18.6 Å². The Morgan fingerprint density at radius 2 is 1.93 bits per heavy atom. The highest BCUT2D eigenvalue weighted by atomic mass is 32.2. The molecule has 1 saturated carbocycles. The highest BCUT2D eigenvalue weighted by Crippen LogP contribution is 2.18. The third kappa shape index (κ3) is 5.72. The smallest absolute Gasteiger partial charge is 0.242 e. The Kier molecular flexibility index (Phi) is 7.59. The van der Waals surface area contributed by atoms with Gasteiger partial charge in [0, 0.05) is 12.6 Å². The standard InChI is InChI=1S/C21H31N3O2S/c1-27-12-11-18(20(25)23-17-9-3-2-4-10-17)24-21(26)19-13-15-7-5-6-8-16(15)14-22-19/h5-8,17-19,22H,2-4,9-14H2,1H3,(H,23,25)(H,24,26)/t18-,19+/m1/s1. The van der Waals surface area contributed by atoms with Crippen LogP contribution in [0, 0.1) is 0 Å². The molecule has 1 aromatic carbocycles. The second-order valence-electron chi connectivity index (χ2n) is 7.59. The quantitative estimate of drug-likeness (QED) is 0.670. The molecule has 2 atom stereocenters. The number of hydrogen-bond donors (Lipinski definition) is 3. The van der Waals surface area contributed by atoms with Crippen LogP contribution in [0.3, 0.4) is 0 Å². The zero-order valence-corrected chi connectivity index (χ0v) is 16.9. The summed E-state index contributed by atoms with van der Waals surface area (Å²) in [6, 6.07) is 7.74. The Labute approximate surface area is 166 Å². The first-order valence-electron chi connectivity index (χ1n) is 10.1. The first-order valence-corrected chi connectivity index (χ1v) is 11.5. The average molecular weight is 390 g/mol. The summed E-state index contributed by atoms with van der Waals surface area (Å²) in [7, 11) is 0. The molecule has 0 radical (unpaired) electrons. The summed E-state index contributed by atoms with van der Waals surface area (Å²) in [6.45, 7) is 0.692. The number of fused-ring (bicyclic) bond motifs is 1. The third-order valence-electron chi connectivity index (χ3n) is 5.59. The van der Waals surface area contributed by atoms with Crippen LogP contribution in [0.25, 0.3) is 0 Å². The predicted molar refractivity (Wildman–Crippen MR) is 111 cm³/mol. The Morgan fingerprint density at radius 1 is 1.19 bits per heavy atom. The van der Waals surface area contributed by atoms with Crippen LogP contribution in [-0.2, 0) is 22.6 Å². The van der Waals surface area contributed by atoms with E-state index in [0.29, 0.717) is 19.4 Å². The van der Waals surface area contributed by atoms with Crippen LogP contribution < -0.4 is 16.0 Å². The molecule has 3 N–H and O–H groups in total. The minimum atomic E-state index is -0.453. The predicted octanol–water partition coefficient (Wildman–Crippen LogP) is 2.39. The minimum Gasteiger partial charge on any atom is -0.352 e. The Bertz CT molecular complexity index is 646. The molecule has 2 aliphatic rings.